The van der Waals surface area contributed by atoms with Gasteiger partial charge in [0.25, 0.3) is 5.56 Å². The third kappa shape index (κ3) is 1.74. The number of aromatic amines is 1. The van der Waals surface area contributed by atoms with Crippen molar-refractivity contribution in [2.45, 2.75) is 51.7 Å². The summed E-state index contributed by atoms with van der Waals surface area (Å²) in [5.74, 6) is 0. The van der Waals surface area contributed by atoms with E-state index in [1.165, 1.54) is 12.8 Å². The average molecular weight is 210 g/mol. The average Bonchev–Trinajstić information content (AvgIpc) is 2.84. The van der Waals surface area contributed by atoms with E-state index in [0.29, 0.717) is 11.6 Å². The predicted molar refractivity (Wildman–Crippen MR) is 57.9 cm³/mol. The fraction of sp³-hybridized carbons (Fsp3) is 0.727. The van der Waals surface area contributed by atoms with Crippen molar-refractivity contribution >= 4 is 0 Å². The molecule has 0 aromatic carbocycles. The van der Waals surface area contributed by atoms with E-state index in [1.54, 1.807) is 4.68 Å². The summed E-state index contributed by atoms with van der Waals surface area (Å²) in [5, 5.41) is 12.3. The number of rotatable bonds is 3. The van der Waals surface area contributed by atoms with Gasteiger partial charge in [0.15, 0.2) is 0 Å². The van der Waals surface area contributed by atoms with E-state index in [0.717, 1.165) is 25.0 Å². The summed E-state index contributed by atoms with van der Waals surface area (Å²) in [6, 6.07) is 0.322. The Hall–Kier alpha value is -1.03. The first-order valence-electron chi connectivity index (χ1n) is 5.71. The number of H-pyrrole nitrogens is 1. The van der Waals surface area contributed by atoms with Gasteiger partial charge in [-0.25, -0.2) is 4.68 Å². The number of aromatic nitrogens is 2. The van der Waals surface area contributed by atoms with Gasteiger partial charge in [0.2, 0.25) is 0 Å². The molecule has 0 unspecified atom stereocenters. The first kappa shape index (κ1) is 10.5. The number of aliphatic hydroxyl groups excluding tert-OH is 1. The minimum atomic E-state index is -0.155. The Labute approximate surface area is 88.9 Å². The lowest BCUT2D eigenvalue weighted by molar-refractivity contribution is 0.279. The Bertz CT molecular complexity index is 386. The number of aliphatic hydroxyl groups is 1. The normalized spacial score (nSPS) is 17.5. The third-order valence-electron chi connectivity index (χ3n) is 3.30. The molecule has 15 heavy (non-hydrogen) atoms. The van der Waals surface area contributed by atoms with Gasteiger partial charge in [0.1, 0.15) is 0 Å². The van der Waals surface area contributed by atoms with Gasteiger partial charge in [-0.2, -0.15) is 0 Å². The van der Waals surface area contributed by atoms with Crippen LogP contribution in [0.25, 0.3) is 0 Å². The highest BCUT2D eigenvalue weighted by Crippen LogP contribution is 2.28. The molecular weight excluding hydrogens is 192 g/mol. The Morgan fingerprint density at radius 3 is 2.60 bits per heavy atom. The van der Waals surface area contributed by atoms with Crippen LogP contribution in [0.3, 0.4) is 0 Å². The molecule has 0 amide bonds. The van der Waals surface area contributed by atoms with Gasteiger partial charge >= 0.3 is 0 Å². The van der Waals surface area contributed by atoms with Crippen LogP contribution < -0.4 is 5.56 Å². The van der Waals surface area contributed by atoms with Crippen LogP contribution in [0.1, 0.15) is 49.9 Å². The Balaban J connectivity index is 2.39. The lowest BCUT2D eigenvalue weighted by Gasteiger charge is -2.09. The summed E-state index contributed by atoms with van der Waals surface area (Å²) in [4.78, 5) is 11.9. The maximum absolute atomic E-state index is 11.9. The van der Waals surface area contributed by atoms with Crippen molar-refractivity contribution in [3.05, 3.63) is 21.6 Å². The molecule has 1 aromatic rings. The fourth-order valence-electron chi connectivity index (χ4n) is 2.41. The zero-order valence-electron chi connectivity index (χ0n) is 9.12. The van der Waals surface area contributed by atoms with Gasteiger partial charge in [-0.3, -0.25) is 9.89 Å². The topological polar surface area (TPSA) is 58.0 Å². The van der Waals surface area contributed by atoms with Crippen molar-refractivity contribution in [1.29, 1.82) is 0 Å². The lowest BCUT2D eigenvalue weighted by Crippen LogP contribution is -2.22. The molecule has 1 heterocycles. The van der Waals surface area contributed by atoms with E-state index in [4.69, 9.17) is 5.11 Å². The number of hydrogen-bond donors (Lipinski definition) is 2. The van der Waals surface area contributed by atoms with Crippen LogP contribution in [0.5, 0.6) is 0 Å². The van der Waals surface area contributed by atoms with Gasteiger partial charge < -0.3 is 5.11 Å². The van der Waals surface area contributed by atoms with Gasteiger partial charge in [-0.15, -0.1) is 0 Å². The second-order valence-corrected chi connectivity index (χ2v) is 4.19. The van der Waals surface area contributed by atoms with E-state index >= 15 is 0 Å². The fourth-order valence-corrected chi connectivity index (χ4v) is 2.41. The largest absolute Gasteiger partial charge is 0.391 e. The quantitative estimate of drug-likeness (QED) is 0.791. The SMILES string of the molecule is CCc1[nH]n(C2CCCC2)c(=O)c1CO. The standard InChI is InChI=1S/C11H18N2O2/c1-2-10-9(7-14)11(15)13(12-10)8-5-3-4-6-8/h8,12,14H,2-7H2,1H3. The number of aryl methyl sites for hydroxylation is 1. The molecule has 0 radical (unpaired) electrons. The van der Waals surface area contributed by atoms with E-state index in [9.17, 15) is 4.79 Å². The summed E-state index contributed by atoms with van der Waals surface area (Å²) in [7, 11) is 0. The van der Waals surface area contributed by atoms with Crippen molar-refractivity contribution < 1.29 is 5.11 Å². The number of nitrogens with one attached hydrogen (secondary N) is 1. The predicted octanol–water partition coefficient (Wildman–Crippen LogP) is 1.35. The summed E-state index contributed by atoms with van der Waals surface area (Å²) in [5.41, 5.74) is 1.40. The molecule has 0 bridgehead atoms. The maximum atomic E-state index is 11.9. The summed E-state index contributed by atoms with van der Waals surface area (Å²) in [6.07, 6.45) is 5.33. The van der Waals surface area contributed by atoms with E-state index in [2.05, 4.69) is 5.10 Å². The molecule has 4 nitrogen and oxygen atoms in total. The van der Waals surface area contributed by atoms with E-state index in [1.807, 2.05) is 6.92 Å². The molecule has 1 aliphatic carbocycles. The molecule has 0 saturated heterocycles. The van der Waals surface area contributed by atoms with Gasteiger partial charge in [0.05, 0.1) is 18.2 Å². The molecule has 2 rings (SSSR count). The Kier molecular flexibility index (Phi) is 2.95. The van der Waals surface area contributed by atoms with Gasteiger partial charge in [-0.05, 0) is 19.3 Å². The molecule has 1 aliphatic rings. The van der Waals surface area contributed by atoms with Crippen LogP contribution in [-0.4, -0.2) is 14.9 Å². The highest BCUT2D eigenvalue weighted by molar-refractivity contribution is 5.16. The van der Waals surface area contributed by atoms with E-state index < -0.39 is 0 Å². The zero-order chi connectivity index (χ0) is 10.8. The molecule has 1 aromatic heterocycles. The molecule has 2 N–H and O–H groups in total. The Morgan fingerprint density at radius 2 is 2.13 bits per heavy atom. The summed E-state index contributed by atoms with van der Waals surface area (Å²) >= 11 is 0. The minimum Gasteiger partial charge on any atom is -0.391 e. The number of nitrogens with zero attached hydrogens (tertiary/aromatic N) is 1. The molecule has 1 fully saturated rings. The molecule has 0 atom stereocenters. The molecule has 1 saturated carbocycles. The first-order chi connectivity index (χ1) is 7.27. The number of hydrogen-bond acceptors (Lipinski definition) is 2. The molecule has 0 aliphatic heterocycles. The monoisotopic (exact) mass is 210 g/mol. The van der Waals surface area contributed by atoms with E-state index in [-0.39, 0.29) is 12.2 Å². The van der Waals surface area contributed by atoms with Crippen molar-refractivity contribution in [3.8, 4) is 0 Å². The molecular formula is C11H18N2O2. The molecule has 0 spiro atoms. The highest BCUT2D eigenvalue weighted by atomic mass is 16.3. The van der Waals surface area contributed by atoms with Crippen molar-refractivity contribution in [3.63, 3.8) is 0 Å². The smallest absolute Gasteiger partial charge is 0.272 e. The van der Waals surface area contributed by atoms with Crippen LogP contribution in [0.15, 0.2) is 4.79 Å². The van der Waals surface area contributed by atoms with Crippen molar-refractivity contribution in [2.24, 2.45) is 0 Å². The van der Waals surface area contributed by atoms with Crippen molar-refractivity contribution in [1.82, 2.24) is 9.78 Å². The Morgan fingerprint density at radius 1 is 1.47 bits per heavy atom. The molecule has 84 valence electrons. The summed E-state index contributed by atoms with van der Waals surface area (Å²) < 4.78 is 1.72. The van der Waals surface area contributed by atoms with Crippen LogP contribution in [0.2, 0.25) is 0 Å². The van der Waals surface area contributed by atoms with Crippen LogP contribution >= 0.6 is 0 Å². The minimum absolute atomic E-state index is 0.0266. The summed E-state index contributed by atoms with van der Waals surface area (Å²) in [6.45, 7) is 1.83. The highest BCUT2D eigenvalue weighted by Gasteiger charge is 2.21. The zero-order valence-corrected chi connectivity index (χ0v) is 9.12. The van der Waals surface area contributed by atoms with Crippen LogP contribution in [0.4, 0.5) is 0 Å². The maximum Gasteiger partial charge on any atom is 0.272 e. The second kappa shape index (κ2) is 4.23. The van der Waals surface area contributed by atoms with Crippen LogP contribution in [-0.2, 0) is 13.0 Å². The van der Waals surface area contributed by atoms with Crippen molar-refractivity contribution in [2.75, 3.05) is 0 Å². The van der Waals surface area contributed by atoms with Crippen LogP contribution in [0, 0.1) is 0 Å². The van der Waals surface area contributed by atoms with Gasteiger partial charge in [-0.1, -0.05) is 19.8 Å². The molecule has 4 heteroatoms. The second-order valence-electron chi connectivity index (χ2n) is 4.19. The first-order valence-corrected chi connectivity index (χ1v) is 5.71. The van der Waals surface area contributed by atoms with Gasteiger partial charge in [0, 0.05) is 5.69 Å². The third-order valence-corrected chi connectivity index (χ3v) is 3.30. The lowest BCUT2D eigenvalue weighted by atomic mass is 10.2.